The first-order valence-corrected chi connectivity index (χ1v) is 9.08. The van der Waals surface area contributed by atoms with Crippen LogP contribution in [0.15, 0.2) is 51.7 Å². The zero-order valence-corrected chi connectivity index (χ0v) is 16.2. The first kappa shape index (κ1) is 20.3. The Hall–Kier alpha value is -3.41. The van der Waals surface area contributed by atoms with Gasteiger partial charge in [-0.15, -0.1) is 0 Å². The first-order valence-electron chi connectivity index (χ1n) is 9.08. The summed E-state index contributed by atoms with van der Waals surface area (Å²) in [6.45, 7) is 0.0434. The lowest BCUT2D eigenvalue weighted by Crippen LogP contribution is -2.45. The number of nitrogens with zero attached hydrogens (tertiary/aromatic N) is 2. The van der Waals surface area contributed by atoms with E-state index in [4.69, 9.17) is 14.9 Å². The van der Waals surface area contributed by atoms with Crippen LogP contribution in [0.4, 0.5) is 0 Å². The average molecular weight is 394 g/mol. The Bertz CT molecular complexity index is 1100. The second kappa shape index (κ2) is 8.73. The van der Waals surface area contributed by atoms with Crippen LogP contribution in [-0.4, -0.2) is 36.3 Å². The SMILES string of the molecule is CO[C@@H](CN)C(=O)N[C@H](C#N)Cc1ccc(-c2ccc3oc(=O)n(C)c3c2)cc1. The maximum atomic E-state index is 12.0. The van der Waals surface area contributed by atoms with E-state index in [1.165, 1.54) is 11.7 Å². The van der Waals surface area contributed by atoms with Crippen LogP contribution in [0.3, 0.4) is 0 Å². The molecule has 8 nitrogen and oxygen atoms in total. The van der Waals surface area contributed by atoms with Crippen LogP contribution < -0.4 is 16.8 Å². The zero-order valence-electron chi connectivity index (χ0n) is 16.2. The highest BCUT2D eigenvalue weighted by Crippen LogP contribution is 2.24. The van der Waals surface area contributed by atoms with E-state index in [1.54, 1.807) is 13.1 Å². The fraction of sp³-hybridized carbons (Fsp3) is 0.286. The highest BCUT2D eigenvalue weighted by molar-refractivity contribution is 5.82. The Morgan fingerprint density at radius 1 is 1.28 bits per heavy atom. The largest absolute Gasteiger partial charge is 0.419 e. The van der Waals surface area contributed by atoms with Crippen molar-refractivity contribution in [2.24, 2.45) is 12.8 Å². The topological polar surface area (TPSA) is 123 Å². The second-order valence-electron chi connectivity index (χ2n) is 6.66. The third-order valence-electron chi connectivity index (χ3n) is 4.78. The molecule has 0 aliphatic heterocycles. The number of aromatic nitrogens is 1. The molecule has 3 aromatic rings. The summed E-state index contributed by atoms with van der Waals surface area (Å²) in [6.07, 6.45) is -0.416. The van der Waals surface area contributed by atoms with Gasteiger partial charge in [0.25, 0.3) is 5.91 Å². The van der Waals surface area contributed by atoms with Gasteiger partial charge in [0.2, 0.25) is 0 Å². The Balaban J connectivity index is 1.74. The van der Waals surface area contributed by atoms with Crippen molar-refractivity contribution in [3.63, 3.8) is 0 Å². The van der Waals surface area contributed by atoms with Gasteiger partial charge in [-0.3, -0.25) is 9.36 Å². The van der Waals surface area contributed by atoms with Gasteiger partial charge >= 0.3 is 5.76 Å². The molecule has 2 aromatic carbocycles. The molecule has 0 radical (unpaired) electrons. The maximum absolute atomic E-state index is 12.0. The lowest BCUT2D eigenvalue weighted by Gasteiger charge is -2.16. The maximum Gasteiger partial charge on any atom is 0.419 e. The number of oxazole rings is 1. The molecule has 0 bridgehead atoms. The molecule has 1 heterocycles. The summed E-state index contributed by atoms with van der Waals surface area (Å²) in [5.41, 5.74) is 9.54. The van der Waals surface area contributed by atoms with Crippen molar-refractivity contribution >= 4 is 17.0 Å². The Labute approximate surface area is 167 Å². The number of benzene rings is 2. The molecule has 3 rings (SSSR count). The average Bonchev–Trinajstić information content (AvgIpc) is 3.02. The molecule has 0 aliphatic rings. The van der Waals surface area contributed by atoms with E-state index in [9.17, 15) is 14.9 Å². The lowest BCUT2D eigenvalue weighted by molar-refractivity contribution is -0.130. The van der Waals surface area contributed by atoms with Crippen LogP contribution in [0, 0.1) is 11.3 Å². The molecular formula is C21H22N4O4. The monoisotopic (exact) mass is 394 g/mol. The van der Waals surface area contributed by atoms with Crippen LogP contribution >= 0.6 is 0 Å². The third kappa shape index (κ3) is 4.37. The number of ether oxygens (including phenoxy) is 1. The first-order chi connectivity index (χ1) is 14.0. The summed E-state index contributed by atoms with van der Waals surface area (Å²) in [5, 5.41) is 12.0. The molecular weight excluding hydrogens is 372 g/mol. The molecule has 0 saturated heterocycles. The molecule has 8 heteroatoms. The van der Waals surface area contributed by atoms with Crippen molar-refractivity contribution in [1.82, 2.24) is 9.88 Å². The minimum absolute atomic E-state index is 0.0434. The number of nitrogens with two attached hydrogens (primary N) is 1. The molecule has 0 spiro atoms. The number of aryl methyl sites for hydroxylation is 1. The van der Waals surface area contributed by atoms with Gasteiger partial charge in [-0.2, -0.15) is 5.26 Å². The number of carbonyl (C=O) groups excluding carboxylic acids is 1. The van der Waals surface area contributed by atoms with Gasteiger partial charge in [-0.1, -0.05) is 30.3 Å². The number of amides is 1. The molecule has 0 saturated carbocycles. The van der Waals surface area contributed by atoms with Gasteiger partial charge in [0.15, 0.2) is 5.58 Å². The molecule has 29 heavy (non-hydrogen) atoms. The summed E-state index contributed by atoms with van der Waals surface area (Å²) in [7, 11) is 3.06. The lowest BCUT2D eigenvalue weighted by atomic mass is 10.0. The highest BCUT2D eigenvalue weighted by Gasteiger charge is 2.20. The van der Waals surface area contributed by atoms with Gasteiger partial charge in [0.1, 0.15) is 12.1 Å². The normalized spacial score (nSPS) is 13.0. The van der Waals surface area contributed by atoms with E-state index in [1.807, 2.05) is 36.4 Å². The van der Waals surface area contributed by atoms with Gasteiger partial charge in [-0.05, 0) is 28.8 Å². The van der Waals surface area contributed by atoms with Crippen LogP contribution in [0.25, 0.3) is 22.2 Å². The van der Waals surface area contributed by atoms with E-state index in [0.717, 1.165) is 22.2 Å². The Morgan fingerprint density at radius 2 is 1.97 bits per heavy atom. The van der Waals surface area contributed by atoms with Gasteiger partial charge in [0, 0.05) is 27.1 Å². The zero-order chi connectivity index (χ0) is 21.0. The molecule has 2 atom stereocenters. The van der Waals surface area contributed by atoms with E-state index < -0.39 is 23.8 Å². The van der Waals surface area contributed by atoms with Crippen molar-refractivity contribution in [3.05, 3.63) is 58.6 Å². The number of methoxy groups -OCH3 is 1. The predicted octanol–water partition coefficient (Wildman–Crippen LogP) is 1.32. The number of fused-ring (bicyclic) bond motifs is 1. The van der Waals surface area contributed by atoms with Gasteiger partial charge < -0.3 is 20.2 Å². The summed E-state index contributed by atoms with van der Waals surface area (Å²) in [5.74, 6) is -0.806. The quantitative estimate of drug-likeness (QED) is 0.623. The number of nitrogens with one attached hydrogen (secondary N) is 1. The number of carbonyl (C=O) groups is 1. The number of nitriles is 1. The Kier molecular flexibility index (Phi) is 6.12. The second-order valence-corrected chi connectivity index (χ2v) is 6.66. The predicted molar refractivity (Wildman–Crippen MR) is 108 cm³/mol. The number of hydrogen-bond donors (Lipinski definition) is 2. The molecule has 150 valence electrons. The fourth-order valence-corrected chi connectivity index (χ4v) is 3.08. The highest BCUT2D eigenvalue weighted by atomic mass is 16.5. The van der Waals surface area contributed by atoms with Crippen molar-refractivity contribution in [3.8, 4) is 17.2 Å². The number of hydrogen-bond acceptors (Lipinski definition) is 6. The minimum atomic E-state index is -0.776. The molecule has 0 fully saturated rings. The van der Waals surface area contributed by atoms with Crippen LogP contribution in [0.2, 0.25) is 0 Å². The van der Waals surface area contributed by atoms with E-state index in [0.29, 0.717) is 12.0 Å². The van der Waals surface area contributed by atoms with E-state index in [2.05, 4.69) is 11.4 Å². The van der Waals surface area contributed by atoms with E-state index >= 15 is 0 Å². The molecule has 0 unspecified atom stereocenters. The third-order valence-corrected chi connectivity index (χ3v) is 4.78. The van der Waals surface area contributed by atoms with Crippen molar-refractivity contribution < 1.29 is 13.9 Å². The summed E-state index contributed by atoms with van der Waals surface area (Å²) in [6, 6.07) is 14.6. The van der Waals surface area contributed by atoms with E-state index in [-0.39, 0.29) is 6.54 Å². The van der Waals surface area contributed by atoms with Crippen molar-refractivity contribution in [2.45, 2.75) is 18.6 Å². The summed E-state index contributed by atoms with van der Waals surface area (Å²) in [4.78, 5) is 23.7. The minimum Gasteiger partial charge on any atom is -0.408 e. The summed E-state index contributed by atoms with van der Waals surface area (Å²) < 4.78 is 11.6. The molecule has 0 aliphatic carbocycles. The number of rotatable bonds is 7. The van der Waals surface area contributed by atoms with Crippen LogP contribution in [0.1, 0.15) is 5.56 Å². The van der Waals surface area contributed by atoms with Crippen LogP contribution in [-0.2, 0) is 23.0 Å². The molecule has 1 amide bonds. The Morgan fingerprint density at radius 3 is 2.59 bits per heavy atom. The molecule has 3 N–H and O–H groups in total. The smallest absolute Gasteiger partial charge is 0.408 e. The summed E-state index contributed by atoms with van der Waals surface area (Å²) >= 11 is 0. The molecule has 1 aromatic heterocycles. The standard InChI is InChI=1S/C21H22N4O4/c1-25-17-10-15(7-8-18(17)29-21(25)27)14-5-3-13(4-6-14)9-16(11-22)24-20(26)19(12-23)28-2/h3-8,10,16,19H,9,12,23H2,1-2H3,(H,24,26)/t16-,19-/m0/s1. The van der Waals surface area contributed by atoms with Crippen LogP contribution in [0.5, 0.6) is 0 Å². The fourth-order valence-electron chi connectivity index (χ4n) is 3.08. The van der Waals surface area contributed by atoms with Gasteiger partial charge in [-0.25, -0.2) is 4.79 Å². The van der Waals surface area contributed by atoms with Crippen molar-refractivity contribution in [1.29, 1.82) is 5.26 Å². The van der Waals surface area contributed by atoms with Gasteiger partial charge in [0.05, 0.1) is 11.6 Å². The van der Waals surface area contributed by atoms with Crippen molar-refractivity contribution in [2.75, 3.05) is 13.7 Å².